The molecule has 1 amide bonds. The van der Waals surface area contributed by atoms with Crippen LogP contribution < -0.4 is 10.9 Å². The van der Waals surface area contributed by atoms with Gasteiger partial charge in [-0.1, -0.05) is 36.0 Å². The van der Waals surface area contributed by atoms with Crippen molar-refractivity contribution < 1.29 is 13.9 Å². The summed E-state index contributed by atoms with van der Waals surface area (Å²) >= 11 is 1.35. The largest absolute Gasteiger partial charge is 0.383 e. The van der Waals surface area contributed by atoms with Crippen LogP contribution in [0.25, 0.3) is 16.6 Å². The lowest BCUT2D eigenvalue weighted by molar-refractivity contribution is 0.0937. The van der Waals surface area contributed by atoms with E-state index in [2.05, 4.69) is 5.32 Å². The Morgan fingerprint density at radius 1 is 1.09 bits per heavy atom. The number of benzene rings is 3. The van der Waals surface area contributed by atoms with Gasteiger partial charge in [0.05, 0.1) is 23.2 Å². The Labute approximate surface area is 194 Å². The molecule has 0 aliphatic heterocycles. The number of para-hydroxylation sites is 1. The molecule has 0 saturated heterocycles. The van der Waals surface area contributed by atoms with Crippen molar-refractivity contribution in [1.82, 2.24) is 14.9 Å². The molecule has 33 heavy (non-hydrogen) atoms. The minimum Gasteiger partial charge on any atom is -0.383 e. The van der Waals surface area contributed by atoms with Gasteiger partial charge in [0.1, 0.15) is 5.82 Å². The highest BCUT2D eigenvalue weighted by Crippen LogP contribution is 2.25. The monoisotopic (exact) mass is 463 g/mol. The number of fused-ring (bicyclic) bond motifs is 1. The maximum atomic E-state index is 13.6. The number of hydrogen-bond acceptors (Lipinski definition) is 5. The van der Waals surface area contributed by atoms with Crippen molar-refractivity contribution in [2.75, 3.05) is 20.3 Å². The molecule has 8 heteroatoms. The van der Waals surface area contributed by atoms with Crippen LogP contribution in [0.1, 0.15) is 15.9 Å². The predicted octanol–water partition coefficient (Wildman–Crippen LogP) is 4.19. The number of carbonyl (C=O) groups excluding carboxylic acids is 1. The first-order valence-electron chi connectivity index (χ1n) is 10.3. The van der Waals surface area contributed by atoms with E-state index in [1.54, 1.807) is 55.6 Å². The molecular weight excluding hydrogens is 441 g/mol. The molecule has 1 aromatic heterocycles. The van der Waals surface area contributed by atoms with Gasteiger partial charge in [0.15, 0.2) is 5.16 Å². The fourth-order valence-electron chi connectivity index (χ4n) is 3.34. The highest BCUT2D eigenvalue weighted by molar-refractivity contribution is 7.98. The van der Waals surface area contributed by atoms with E-state index in [1.165, 1.54) is 28.5 Å². The molecule has 4 aromatic rings. The van der Waals surface area contributed by atoms with Crippen molar-refractivity contribution >= 4 is 28.6 Å². The second kappa shape index (κ2) is 10.4. The Kier molecular flexibility index (Phi) is 7.16. The van der Waals surface area contributed by atoms with E-state index in [9.17, 15) is 14.0 Å². The number of ether oxygens (including phenoxy) is 1. The van der Waals surface area contributed by atoms with Crippen molar-refractivity contribution in [1.29, 1.82) is 0 Å². The zero-order chi connectivity index (χ0) is 23.2. The first-order valence-corrected chi connectivity index (χ1v) is 11.3. The lowest BCUT2D eigenvalue weighted by atomic mass is 10.2. The van der Waals surface area contributed by atoms with Crippen LogP contribution in [-0.4, -0.2) is 35.7 Å². The maximum Gasteiger partial charge on any atom is 0.266 e. The highest BCUT2D eigenvalue weighted by Gasteiger charge is 2.14. The number of aromatic nitrogens is 2. The molecule has 0 aliphatic rings. The maximum absolute atomic E-state index is 13.6. The van der Waals surface area contributed by atoms with E-state index in [0.717, 1.165) is 5.56 Å². The smallest absolute Gasteiger partial charge is 0.266 e. The molecule has 0 fully saturated rings. The predicted molar refractivity (Wildman–Crippen MR) is 128 cm³/mol. The number of thioether (sulfide) groups is 1. The van der Waals surface area contributed by atoms with E-state index < -0.39 is 0 Å². The normalized spacial score (nSPS) is 11.0. The van der Waals surface area contributed by atoms with Gasteiger partial charge in [-0.05, 0) is 54.1 Å². The van der Waals surface area contributed by atoms with Crippen LogP contribution in [0.3, 0.4) is 0 Å². The fourth-order valence-corrected chi connectivity index (χ4v) is 4.30. The number of halogens is 1. The Hall–Kier alpha value is -3.49. The standard InChI is InChI=1S/C25H22FN3O3S/c1-32-14-13-27-23(30)18-9-11-20(12-10-18)29-24(31)21-7-2-3-8-22(21)28-25(29)33-16-17-5-4-6-19(26)15-17/h2-12,15H,13-14,16H2,1H3,(H,27,30). The van der Waals surface area contributed by atoms with Crippen LogP contribution in [-0.2, 0) is 10.5 Å². The molecule has 168 valence electrons. The summed E-state index contributed by atoms with van der Waals surface area (Å²) in [7, 11) is 1.57. The van der Waals surface area contributed by atoms with Crippen LogP contribution in [0.2, 0.25) is 0 Å². The zero-order valence-electron chi connectivity index (χ0n) is 18.0. The van der Waals surface area contributed by atoms with Gasteiger partial charge in [0.25, 0.3) is 11.5 Å². The molecule has 0 aliphatic carbocycles. The zero-order valence-corrected chi connectivity index (χ0v) is 18.8. The molecule has 0 bridgehead atoms. The summed E-state index contributed by atoms with van der Waals surface area (Å²) in [5, 5.41) is 3.75. The minimum absolute atomic E-state index is 0.209. The molecule has 1 N–H and O–H groups in total. The number of carbonyl (C=O) groups is 1. The first kappa shape index (κ1) is 22.7. The van der Waals surface area contributed by atoms with Crippen LogP contribution in [0.15, 0.2) is 82.7 Å². The number of nitrogens with zero attached hydrogens (tertiary/aromatic N) is 2. The Morgan fingerprint density at radius 2 is 1.88 bits per heavy atom. The number of hydrogen-bond donors (Lipinski definition) is 1. The summed E-state index contributed by atoms with van der Waals surface area (Å²) in [6, 6.07) is 20.3. The Morgan fingerprint density at radius 3 is 2.64 bits per heavy atom. The molecule has 0 unspecified atom stereocenters. The first-order chi connectivity index (χ1) is 16.1. The number of amides is 1. The van der Waals surface area contributed by atoms with Crippen molar-refractivity contribution in [3.05, 3.63) is 100 Å². The molecule has 6 nitrogen and oxygen atoms in total. The summed E-state index contributed by atoms with van der Waals surface area (Å²) in [6.45, 7) is 0.833. The summed E-state index contributed by atoms with van der Waals surface area (Å²) in [4.78, 5) is 30.3. The van der Waals surface area contributed by atoms with Gasteiger partial charge in [-0.25, -0.2) is 9.37 Å². The van der Waals surface area contributed by atoms with Gasteiger partial charge < -0.3 is 10.1 Å². The molecule has 1 heterocycles. The van der Waals surface area contributed by atoms with Gasteiger partial charge in [-0.3, -0.25) is 14.2 Å². The van der Waals surface area contributed by atoms with Crippen LogP contribution >= 0.6 is 11.8 Å². The quantitative estimate of drug-likeness (QED) is 0.241. The van der Waals surface area contributed by atoms with Crippen molar-refractivity contribution in [3.8, 4) is 5.69 Å². The van der Waals surface area contributed by atoms with Gasteiger partial charge in [-0.15, -0.1) is 0 Å². The summed E-state index contributed by atoms with van der Waals surface area (Å²) in [6.07, 6.45) is 0. The van der Waals surface area contributed by atoms with E-state index in [4.69, 9.17) is 9.72 Å². The molecule has 0 atom stereocenters. The molecule has 0 spiro atoms. The van der Waals surface area contributed by atoms with E-state index >= 15 is 0 Å². The average molecular weight is 464 g/mol. The summed E-state index contributed by atoms with van der Waals surface area (Å²) in [5.74, 6) is -0.0812. The highest BCUT2D eigenvalue weighted by atomic mass is 32.2. The third-order valence-corrected chi connectivity index (χ3v) is 5.99. The minimum atomic E-state index is -0.309. The lowest BCUT2D eigenvalue weighted by Gasteiger charge is -2.14. The molecule has 0 radical (unpaired) electrons. The summed E-state index contributed by atoms with van der Waals surface area (Å²) < 4.78 is 20.1. The molecular formula is C25H22FN3O3S. The topological polar surface area (TPSA) is 73.2 Å². The summed E-state index contributed by atoms with van der Waals surface area (Å²) in [5.41, 5.74) is 2.24. The van der Waals surface area contributed by atoms with Crippen LogP contribution in [0.5, 0.6) is 0 Å². The van der Waals surface area contributed by atoms with Crippen LogP contribution in [0, 0.1) is 5.82 Å². The van der Waals surface area contributed by atoms with Gasteiger partial charge in [-0.2, -0.15) is 0 Å². The third-order valence-electron chi connectivity index (χ3n) is 4.98. The van der Waals surface area contributed by atoms with Gasteiger partial charge in [0, 0.05) is 25.0 Å². The van der Waals surface area contributed by atoms with Crippen LogP contribution in [0.4, 0.5) is 4.39 Å². The van der Waals surface area contributed by atoms with Gasteiger partial charge in [0.2, 0.25) is 0 Å². The second-order valence-corrected chi connectivity index (χ2v) is 8.21. The molecule has 3 aromatic carbocycles. The van der Waals surface area contributed by atoms with Crippen molar-refractivity contribution in [2.45, 2.75) is 10.9 Å². The second-order valence-electron chi connectivity index (χ2n) is 7.27. The van der Waals surface area contributed by atoms with Gasteiger partial charge >= 0.3 is 0 Å². The van der Waals surface area contributed by atoms with Crippen molar-refractivity contribution in [3.63, 3.8) is 0 Å². The number of methoxy groups -OCH3 is 1. The van der Waals surface area contributed by atoms with Crippen molar-refractivity contribution in [2.24, 2.45) is 0 Å². The molecule has 0 saturated carbocycles. The number of rotatable bonds is 8. The van der Waals surface area contributed by atoms with E-state index in [-0.39, 0.29) is 17.3 Å². The SMILES string of the molecule is COCCNC(=O)c1ccc(-n2c(SCc3cccc(F)c3)nc3ccccc3c2=O)cc1. The number of nitrogens with one attached hydrogen (secondary N) is 1. The van der Waals surface area contributed by atoms with E-state index in [1.807, 2.05) is 12.1 Å². The Bertz CT molecular complexity index is 1340. The Balaban J connectivity index is 1.69. The lowest BCUT2D eigenvalue weighted by Crippen LogP contribution is -2.27. The molecule has 4 rings (SSSR count). The third kappa shape index (κ3) is 5.30. The average Bonchev–Trinajstić information content (AvgIpc) is 2.83. The fraction of sp³-hybridized carbons (Fsp3) is 0.160. The van der Waals surface area contributed by atoms with E-state index in [0.29, 0.717) is 46.2 Å².